The molecule has 230 valence electrons. The van der Waals surface area contributed by atoms with Gasteiger partial charge in [0.05, 0.1) is 5.69 Å². The number of benzene rings is 3. The molecule has 0 spiro atoms. The van der Waals surface area contributed by atoms with Gasteiger partial charge in [-0.1, -0.05) is 42.0 Å². The zero-order valence-corrected chi connectivity index (χ0v) is 25.6. The van der Waals surface area contributed by atoms with Crippen molar-refractivity contribution in [3.63, 3.8) is 0 Å². The summed E-state index contributed by atoms with van der Waals surface area (Å²) in [6.45, 7) is 5.29. The number of hydrogen-bond donors (Lipinski definition) is 3. The van der Waals surface area contributed by atoms with Gasteiger partial charge in [-0.2, -0.15) is 9.78 Å². The van der Waals surface area contributed by atoms with Crippen LogP contribution in [0, 0.1) is 20.8 Å². The number of carboxylic acids is 1. The molecule has 45 heavy (non-hydrogen) atoms. The number of carbonyl (C=O) groups excluding carboxylic acids is 1. The first-order valence-corrected chi connectivity index (χ1v) is 15.5. The van der Waals surface area contributed by atoms with E-state index in [4.69, 9.17) is 4.74 Å². The van der Waals surface area contributed by atoms with Crippen LogP contribution in [0.5, 0.6) is 11.6 Å². The molecule has 0 atom stereocenters. The summed E-state index contributed by atoms with van der Waals surface area (Å²) in [5, 5.41) is 16.8. The first-order chi connectivity index (χ1) is 21.5. The Balaban J connectivity index is 1.54. The maximum Gasteiger partial charge on any atom is 0.356 e. The molecule has 0 aliphatic carbocycles. The molecule has 0 aliphatic rings. The topological polar surface area (TPSA) is 153 Å². The molecular weight excluding hydrogens is 594 g/mol. The van der Waals surface area contributed by atoms with Crippen LogP contribution in [0.2, 0.25) is 0 Å². The fraction of sp³-hybridized carbons (Fsp3) is 0.152. The SMILES string of the molecule is Cc1ccc(-n2nc(C(=O)O)c(C)c2Oc2ccc(NC(=O)c3ccccc3C)cc2S(=O)(=O)NCCc2ccccn2)cc1. The molecule has 0 aliphatic heterocycles. The lowest BCUT2D eigenvalue weighted by atomic mass is 10.1. The Bertz CT molecular complexity index is 1970. The average molecular weight is 626 g/mol. The summed E-state index contributed by atoms with van der Waals surface area (Å²) < 4.78 is 37.6. The van der Waals surface area contributed by atoms with Crippen molar-refractivity contribution in [2.24, 2.45) is 0 Å². The highest BCUT2D eigenvalue weighted by molar-refractivity contribution is 7.89. The molecule has 0 radical (unpaired) electrons. The molecule has 0 saturated heterocycles. The number of amides is 1. The number of ether oxygens (including phenoxy) is 1. The smallest absolute Gasteiger partial charge is 0.356 e. The zero-order chi connectivity index (χ0) is 32.1. The fourth-order valence-electron chi connectivity index (χ4n) is 4.61. The van der Waals surface area contributed by atoms with Gasteiger partial charge < -0.3 is 15.2 Å². The lowest BCUT2D eigenvalue weighted by Gasteiger charge is -2.16. The summed E-state index contributed by atoms with van der Waals surface area (Å²) in [5.74, 6) is -1.74. The Morgan fingerprint density at radius 1 is 0.933 bits per heavy atom. The third kappa shape index (κ3) is 7.08. The highest BCUT2D eigenvalue weighted by Gasteiger charge is 2.26. The lowest BCUT2D eigenvalue weighted by molar-refractivity contribution is 0.0689. The second kappa shape index (κ2) is 13.1. The molecule has 0 saturated carbocycles. The van der Waals surface area contributed by atoms with Crippen molar-refractivity contribution in [2.45, 2.75) is 32.1 Å². The van der Waals surface area contributed by atoms with E-state index in [1.165, 1.54) is 29.8 Å². The third-order valence-electron chi connectivity index (χ3n) is 7.04. The maximum atomic E-state index is 13.7. The predicted octanol–water partition coefficient (Wildman–Crippen LogP) is 5.46. The molecule has 2 aromatic heterocycles. The van der Waals surface area contributed by atoms with E-state index < -0.39 is 21.9 Å². The molecule has 5 aromatic rings. The van der Waals surface area contributed by atoms with Crippen LogP contribution in [0.3, 0.4) is 0 Å². The van der Waals surface area contributed by atoms with Gasteiger partial charge in [0.25, 0.3) is 5.91 Å². The van der Waals surface area contributed by atoms with Crippen LogP contribution in [0.25, 0.3) is 5.69 Å². The van der Waals surface area contributed by atoms with Crippen LogP contribution in [-0.2, 0) is 16.4 Å². The Morgan fingerprint density at radius 3 is 2.36 bits per heavy atom. The zero-order valence-electron chi connectivity index (χ0n) is 24.8. The molecular formula is C33H31N5O6S. The summed E-state index contributed by atoms with van der Waals surface area (Å²) in [6.07, 6.45) is 1.96. The molecule has 3 aromatic carbocycles. The molecule has 12 heteroatoms. The van der Waals surface area contributed by atoms with E-state index >= 15 is 0 Å². The monoisotopic (exact) mass is 625 g/mol. The van der Waals surface area contributed by atoms with Gasteiger partial charge in [-0.05, 0) is 74.9 Å². The number of hydrogen-bond acceptors (Lipinski definition) is 7. The fourth-order valence-corrected chi connectivity index (χ4v) is 5.80. The summed E-state index contributed by atoms with van der Waals surface area (Å²) in [7, 11) is -4.22. The lowest BCUT2D eigenvalue weighted by Crippen LogP contribution is -2.27. The van der Waals surface area contributed by atoms with Crippen molar-refractivity contribution < 1.29 is 27.9 Å². The van der Waals surface area contributed by atoms with E-state index in [1.807, 2.05) is 31.2 Å². The number of anilines is 1. The van der Waals surface area contributed by atoms with E-state index in [9.17, 15) is 23.1 Å². The van der Waals surface area contributed by atoms with Crippen LogP contribution in [-0.4, -0.2) is 46.7 Å². The molecule has 0 unspecified atom stereocenters. The maximum absolute atomic E-state index is 13.7. The van der Waals surface area contributed by atoms with E-state index in [1.54, 1.807) is 55.6 Å². The molecule has 2 heterocycles. The number of nitrogens with zero attached hydrogens (tertiary/aromatic N) is 3. The van der Waals surface area contributed by atoms with E-state index in [-0.39, 0.29) is 40.0 Å². The summed E-state index contributed by atoms with van der Waals surface area (Å²) in [4.78, 5) is 29.0. The number of sulfonamides is 1. The highest BCUT2D eigenvalue weighted by Crippen LogP contribution is 2.35. The molecule has 5 rings (SSSR count). The van der Waals surface area contributed by atoms with Gasteiger partial charge in [-0.15, -0.1) is 0 Å². The quantitative estimate of drug-likeness (QED) is 0.175. The Labute approximate surface area is 260 Å². The number of aryl methyl sites for hydroxylation is 2. The Morgan fingerprint density at radius 2 is 1.67 bits per heavy atom. The highest BCUT2D eigenvalue weighted by atomic mass is 32.2. The molecule has 3 N–H and O–H groups in total. The number of rotatable bonds is 11. The van der Waals surface area contributed by atoms with Crippen molar-refractivity contribution in [1.29, 1.82) is 0 Å². The van der Waals surface area contributed by atoms with Crippen molar-refractivity contribution >= 4 is 27.6 Å². The Hall–Kier alpha value is -5.33. The number of aromatic nitrogens is 3. The van der Waals surface area contributed by atoms with E-state index in [0.29, 0.717) is 23.4 Å². The molecule has 0 fully saturated rings. The van der Waals surface area contributed by atoms with Crippen molar-refractivity contribution in [1.82, 2.24) is 19.5 Å². The second-order valence-electron chi connectivity index (χ2n) is 10.3. The number of pyridine rings is 1. The minimum atomic E-state index is -4.22. The van der Waals surface area contributed by atoms with Crippen LogP contribution in [0.1, 0.15) is 43.2 Å². The predicted molar refractivity (Wildman–Crippen MR) is 169 cm³/mol. The minimum absolute atomic E-state index is 0.0258. The van der Waals surface area contributed by atoms with Gasteiger partial charge in [-0.3, -0.25) is 9.78 Å². The van der Waals surface area contributed by atoms with Gasteiger partial charge in [0.15, 0.2) is 5.69 Å². The summed E-state index contributed by atoms with van der Waals surface area (Å²) in [5.41, 5.74) is 3.58. The van der Waals surface area contributed by atoms with Crippen molar-refractivity contribution in [3.8, 4) is 17.3 Å². The van der Waals surface area contributed by atoms with Gasteiger partial charge in [0.1, 0.15) is 10.6 Å². The van der Waals surface area contributed by atoms with Gasteiger partial charge in [0.2, 0.25) is 15.9 Å². The first kappa shape index (κ1) is 31.1. The largest absolute Gasteiger partial charge is 0.476 e. The van der Waals surface area contributed by atoms with Crippen LogP contribution >= 0.6 is 0 Å². The molecule has 1 amide bonds. The average Bonchev–Trinajstić information content (AvgIpc) is 3.34. The Kier molecular flexibility index (Phi) is 9.07. The summed E-state index contributed by atoms with van der Waals surface area (Å²) in [6, 6.07) is 23.8. The third-order valence-corrected chi connectivity index (χ3v) is 8.52. The van der Waals surface area contributed by atoms with Crippen LogP contribution in [0.15, 0.2) is 96.0 Å². The summed E-state index contributed by atoms with van der Waals surface area (Å²) >= 11 is 0. The number of carbonyl (C=O) groups is 2. The standard InChI is InChI=1S/C33H31N5O6S/c1-21-11-14-26(15-12-21)38-32(23(3)30(37-38)33(40)41)44-28-16-13-25(36-31(39)27-10-5-4-8-22(27)2)20-29(28)45(42,43)35-19-17-24-9-6-7-18-34-24/h4-16,18,20,35H,17,19H2,1-3H3,(H,36,39)(H,40,41). The van der Waals surface area contributed by atoms with E-state index in [0.717, 1.165) is 11.1 Å². The molecule has 0 bridgehead atoms. The van der Waals surface area contributed by atoms with Gasteiger partial charge in [-0.25, -0.2) is 17.9 Å². The van der Waals surface area contributed by atoms with Crippen molar-refractivity contribution in [3.05, 3.63) is 125 Å². The van der Waals surface area contributed by atoms with Crippen LogP contribution in [0.4, 0.5) is 5.69 Å². The van der Waals surface area contributed by atoms with Gasteiger partial charge >= 0.3 is 5.97 Å². The number of nitrogens with one attached hydrogen (secondary N) is 2. The van der Waals surface area contributed by atoms with Crippen LogP contribution < -0.4 is 14.8 Å². The first-order valence-electron chi connectivity index (χ1n) is 14.0. The van der Waals surface area contributed by atoms with E-state index in [2.05, 4.69) is 20.1 Å². The minimum Gasteiger partial charge on any atom is -0.476 e. The molecule has 11 nitrogen and oxygen atoms in total. The number of carboxylic acid groups (broad SMARTS) is 1. The normalized spacial score (nSPS) is 11.3. The second-order valence-corrected chi connectivity index (χ2v) is 12.1. The number of aromatic carboxylic acids is 1. The van der Waals surface area contributed by atoms with Gasteiger partial charge in [0, 0.05) is 41.7 Å². The van der Waals surface area contributed by atoms with Crippen molar-refractivity contribution in [2.75, 3.05) is 11.9 Å².